The largest absolute Gasteiger partial charge is 0.496 e. The first-order valence-corrected chi connectivity index (χ1v) is 4.38. The van der Waals surface area contributed by atoms with Crippen molar-refractivity contribution in [3.05, 3.63) is 29.5 Å². The summed E-state index contributed by atoms with van der Waals surface area (Å²) in [5.74, 6) is 0.731. The second-order valence-electron chi connectivity index (χ2n) is 3.16. The van der Waals surface area contributed by atoms with E-state index in [0.29, 0.717) is 5.56 Å². The van der Waals surface area contributed by atoms with Crippen molar-refractivity contribution in [3.63, 3.8) is 0 Å². The van der Waals surface area contributed by atoms with E-state index in [1.807, 2.05) is 25.1 Å². The summed E-state index contributed by atoms with van der Waals surface area (Å²) >= 11 is 0. The first kappa shape index (κ1) is 8.81. The van der Waals surface area contributed by atoms with Crippen molar-refractivity contribution in [3.8, 4) is 5.75 Å². The zero-order chi connectivity index (χ0) is 10.1. The maximum atomic E-state index is 10.9. The minimum atomic E-state index is 0.678. The molecular formula is C11H11NO2. The van der Waals surface area contributed by atoms with Crippen LogP contribution in [0.5, 0.6) is 5.75 Å². The average Bonchev–Trinajstić information content (AvgIpc) is 2.52. The standard InChI is InChI=1S/C11H11NO2/c1-7-8(6-13)11-9(12-7)4-3-5-10(11)14-2/h3-6,12H,1-2H3. The van der Waals surface area contributed by atoms with Crippen molar-refractivity contribution in [2.75, 3.05) is 7.11 Å². The van der Waals surface area contributed by atoms with Gasteiger partial charge in [0, 0.05) is 11.3 Å². The Morgan fingerprint density at radius 1 is 1.43 bits per heavy atom. The van der Waals surface area contributed by atoms with Crippen LogP contribution < -0.4 is 4.74 Å². The smallest absolute Gasteiger partial charge is 0.152 e. The van der Waals surface area contributed by atoms with Crippen LogP contribution in [-0.4, -0.2) is 18.4 Å². The summed E-state index contributed by atoms with van der Waals surface area (Å²) < 4.78 is 5.20. The molecule has 0 atom stereocenters. The molecule has 0 spiro atoms. The molecule has 3 nitrogen and oxygen atoms in total. The van der Waals surface area contributed by atoms with E-state index in [1.165, 1.54) is 0 Å². The molecular weight excluding hydrogens is 178 g/mol. The van der Waals surface area contributed by atoms with Crippen molar-refractivity contribution in [2.45, 2.75) is 6.92 Å². The predicted molar refractivity (Wildman–Crippen MR) is 55.0 cm³/mol. The van der Waals surface area contributed by atoms with Gasteiger partial charge in [-0.25, -0.2) is 0 Å². The first-order valence-electron chi connectivity index (χ1n) is 4.38. The van der Waals surface area contributed by atoms with E-state index >= 15 is 0 Å². The van der Waals surface area contributed by atoms with Gasteiger partial charge in [0.2, 0.25) is 0 Å². The highest BCUT2D eigenvalue weighted by Crippen LogP contribution is 2.29. The number of nitrogens with one attached hydrogen (secondary N) is 1. The van der Waals surface area contributed by atoms with Crippen molar-refractivity contribution in [1.82, 2.24) is 4.98 Å². The lowest BCUT2D eigenvalue weighted by Crippen LogP contribution is -1.86. The van der Waals surface area contributed by atoms with Crippen LogP contribution in [0, 0.1) is 6.92 Å². The van der Waals surface area contributed by atoms with Crippen LogP contribution in [-0.2, 0) is 0 Å². The second kappa shape index (κ2) is 3.18. The number of fused-ring (bicyclic) bond motifs is 1. The lowest BCUT2D eigenvalue weighted by Gasteiger charge is -2.01. The van der Waals surface area contributed by atoms with Gasteiger partial charge >= 0.3 is 0 Å². The third-order valence-corrected chi connectivity index (χ3v) is 2.36. The normalized spacial score (nSPS) is 10.4. The molecule has 0 aliphatic carbocycles. The van der Waals surface area contributed by atoms with E-state index in [-0.39, 0.29) is 0 Å². The maximum Gasteiger partial charge on any atom is 0.152 e. The Morgan fingerprint density at radius 3 is 2.86 bits per heavy atom. The number of carbonyl (C=O) groups excluding carboxylic acids is 1. The summed E-state index contributed by atoms with van der Waals surface area (Å²) in [6.45, 7) is 1.88. The molecule has 0 radical (unpaired) electrons. The number of H-pyrrole nitrogens is 1. The number of aryl methyl sites for hydroxylation is 1. The van der Waals surface area contributed by atoms with Crippen LogP contribution in [0.15, 0.2) is 18.2 Å². The van der Waals surface area contributed by atoms with Crippen molar-refractivity contribution >= 4 is 17.2 Å². The Balaban J connectivity index is 2.89. The molecule has 0 saturated heterocycles. The Labute approximate surface area is 81.7 Å². The molecule has 0 bridgehead atoms. The fourth-order valence-electron chi connectivity index (χ4n) is 1.69. The molecule has 1 heterocycles. The van der Waals surface area contributed by atoms with Gasteiger partial charge in [0.05, 0.1) is 18.0 Å². The van der Waals surface area contributed by atoms with Crippen LogP contribution in [0.3, 0.4) is 0 Å². The molecule has 14 heavy (non-hydrogen) atoms. The fourth-order valence-corrected chi connectivity index (χ4v) is 1.69. The van der Waals surface area contributed by atoms with E-state index in [0.717, 1.165) is 28.6 Å². The third-order valence-electron chi connectivity index (χ3n) is 2.36. The molecule has 0 unspecified atom stereocenters. The number of methoxy groups -OCH3 is 1. The SMILES string of the molecule is COc1cccc2[nH]c(C)c(C=O)c12. The number of carbonyl (C=O) groups is 1. The average molecular weight is 189 g/mol. The van der Waals surface area contributed by atoms with Crippen LogP contribution in [0.25, 0.3) is 10.9 Å². The molecule has 0 aliphatic heterocycles. The highest BCUT2D eigenvalue weighted by Gasteiger charge is 2.11. The van der Waals surface area contributed by atoms with Gasteiger partial charge in [-0.2, -0.15) is 0 Å². The molecule has 0 fully saturated rings. The molecule has 2 rings (SSSR count). The van der Waals surface area contributed by atoms with Crippen molar-refractivity contribution < 1.29 is 9.53 Å². The molecule has 1 N–H and O–H groups in total. The van der Waals surface area contributed by atoms with Gasteiger partial charge in [0.25, 0.3) is 0 Å². The fraction of sp³-hybridized carbons (Fsp3) is 0.182. The van der Waals surface area contributed by atoms with Gasteiger partial charge in [0.1, 0.15) is 5.75 Å². The molecule has 0 amide bonds. The summed E-state index contributed by atoms with van der Waals surface area (Å²) in [6, 6.07) is 5.67. The van der Waals surface area contributed by atoms with Gasteiger partial charge in [-0.1, -0.05) is 6.07 Å². The summed E-state index contributed by atoms with van der Waals surface area (Å²) in [5, 5.41) is 0.863. The highest BCUT2D eigenvalue weighted by atomic mass is 16.5. The monoisotopic (exact) mass is 189 g/mol. The minimum Gasteiger partial charge on any atom is -0.496 e. The molecule has 3 heteroatoms. The quantitative estimate of drug-likeness (QED) is 0.736. The number of ether oxygens (including phenoxy) is 1. The minimum absolute atomic E-state index is 0.678. The molecule has 1 aromatic heterocycles. The number of hydrogen-bond donors (Lipinski definition) is 1. The van der Waals surface area contributed by atoms with Crippen LogP contribution >= 0.6 is 0 Å². The summed E-state index contributed by atoms with van der Waals surface area (Å²) in [5.41, 5.74) is 2.49. The molecule has 0 saturated carbocycles. The Morgan fingerprint density at radius 2 is 2.21 bits per heavy atom. The van der Waals surface area contributed by atoms with E-state index in [9.17, 15) is 4.79 Å². The van der Waals surface area contributed by atoms with Gasteiger partial charge in [-0.05, 0) is 19.1 Å². The number of aldehydes is 1. The number of rotatable bonds is 2. The topological polar surface area (TPSA) is 42.1 Å². The molecule has 0 aliphatic rings. The van der Waals surface area contributed by atoms with Crippen molar-refractivity contribution in [1.29, 1.82) is 0 Å². The maximum absolute atomic E-state index is 10.9. The van der Waals surface area contributed by atoms with Gasteiger partial charge in [-0.15, -0.1) is 0 Å². The zero-order valence-electron chi connectivity index (χ0n) is 8.13. The van der Waals surface area contributed by atoms with E-state index < -0.39 is 0 Å². The Bertz CT molecular complexity index is 485. The number of benzene rings is 1. The summed E-state index contributed by atoms with van der Waals surface area (Å²) in [4.78, 5) is 14.0. The second-order valence-corrected chi connectivity index (χ2v) is 3.16. The number of aromatic amines is 1. The Hall–Kier alpha value is -1.77. The lowest BCUT2D eigenvalue weighted by atomic mass is 10.1. The third kappa shape index (κ3) is 1.09. The van der Waals surface area contributed by atoms with E-state index in [4.69, 9.17) is 4.74 Å². The van der Waals surface area contributed by atoms with E-state index in [2.05, 4.69) is 4.98 Å². The van der Waals surface area contributed by atoms with E-state index in [1.54, 1.807) is 7.11 Å². The van der Waals surface area contributed by atoms with Gasteiger partial charge < -0.3 is 9.72 Å². The predicted octanol–water partition coefficient (Wildman–Crippen LogP) is 2.30. The van der Waals surface area contributed by atoms with Crippen LogP contribution in [0.4, 0.5) is 0 Å². The van der Waals surface area contributed by atoms with Crippen LogP contribution in [0.1, 0.15) is 16.1 Å². The van der Waals surface area contributed by atoms with Gasteiger partial charge in [-0.3, -0.25) is 4.79 Å². The van der Waals surface area contributed by atoms with Gasteiger partial charge in [0.15, 0.2) is 6.29 Å². The van der Waals surface area contributed by atoms with Crippen LogP contribution in [0.2, 0.25) is 0 Å². The zero-order valence-corrected chi connectivity index (χ0v) is 8.13. The molecule has 72 valence electrons. The molecule has 2 aromatic rings. The number of hydrogen-bond acceptors (Lipinski definition) is 2. The molecule has 1 aromatic carbocycles. The number of aromatic nitrogens is 1. The summed E-state index contributed by atoms with van der Waals surface area (Å²) in [7, 11) is 1.60. The summed E-state index contributed by atoms with van der Waals surface area (Å²) in [6.07, 6.45) is 0.858. The Kier molecular flexibility index (Phi) is 2.00. The lowest BCUT2D eigenvalue weighted by molar-refractivity contribution is 0.112. The first-order chi connectivity index (χ1) is 6.77. The highest BCUT2D eigenvalue weighted by molar-refractivity contribution is 6.02. The van der Waals surface area contributed by atoms with Crippen molar-refractivity contribution in [2.24, 2.45) is 0 Å².